The molecule has 0 spiro atoms. The second kappa shape index (κ2) is 6.00. The zero-order chi connectivity index (χ0) is 14.8. The summed E-state index contributed by atoms with van der Waals surface area (Å²) in [4.78, 5) is 13.7. The number of carbonyl (C=O) groups excluding carboxylic acids is 1. The summed E-state index contributed by atoms with van der Waals surface area (Å²) in [6, 6.07) is 10.0. The molecule has 1 amide bonds. The summed E-state index contributed by atoms with van der Waals surface area (Å²) >= 11 is 0. The van der Waals surface area contributed by atoms with Gasteiger partial charge in [0.15, 0.2) is 0 Å². The SMILES string of the molecule is O=C1CC[C@@H](Cc2ccccc2)N1C(O)[C@H]1CC=C[C@@H]1O. The lowest BCUT2D eigenvalue weighted by Gasteiger charge is -2.34. The Morgan fingerprint density at radius 2 is 2.05 bits per heavy atom. The van der Waals surface area contributed by atoms with E-state index in [4.69, 9.17) is 0 Å². The smallest absolute Gasteiger partial charge is 0.224 e. The normalized spacial score (nSPS) is 30.1. The number of likely N-dealkylation sites (tertiary alicyclic amines) is 1. The van der Waals surface area contributed by atoms with Gasteiger partial charge in [0.25, 0.3) is 0 Å². The summed E-state index contributed by atoms with van der Waals surface area (Å²) in [6.07, 6.45) is 4.60. The summed E-state index contributed by atoms with van der Waals surface area (Å²) in [6.45, 7) is 0. The molecule has 1 fully saturated rings. The molecule has 2 aliphatic rings. The molecule has 0 saturated carbocycles. The molecule has 4 atom stereocenters. The van der Waals surface area contributed by atoms with Crippen LogP contribution in [0.25, 0.3) is 0 Å². The van der Waals surface area contributed by atoms with Crippen molar-refractivity contribution in [2.24, 2.45) is 5.92 Å². The van der Waals surface area contributed by atoms with Crippen molar-refractivity contribution in [2.45, 2.75) is 44.1 Å². The fraction of sp³-hybridized carbons (Fsp3) is 0.471. The lowest BCUT2D eigenvalue weighted by Crippen LogP contribution is -2.48. The van der Waals surface area contributed by atoms with Crippen molar-refractivity contribution in [3.8, 4) is 0 Å². The third-order valence-electron chi connectivity index (χ3n) is 4.54. The average molecular weight is 287 g/mol. The van der Waals surface area contributed by atoms with Gasteiger partial charge in [-0.1, -0.05) is 42.5 Å². The van der Waals surface area contributed by atoms with E-state index in [-0.39, 0.29) is 17.9 Å². The highest BCUT2D eigenvalue weighted by Crippen LogP contribution is 2.31. The molecule has 1 aromatic carbocycles. The van der Waals surface area contributed by atoms with E-state index in [9.17, 15) is 15.0 Å². The van der Waals surface area contributed by atoms with Crippen LogP contribution in [0.1, 0.15) is 24.8 Å². The summed E-state index contributed by atoms with van der Waals surface area (Å²) in [5.74, 6) is -0.312. The van der Waals surface area contributed by atoms with Gasteiger partial charge in [-0.05, 0) is 24.8 Å². The second-order valence-electron chi connectivity index (χ2n) is 5.92. The topological polar surface area (TPSA) is 60.8 Å². The van der Waals surface area contributed by atoms with E-state index in [1.165, 1.54) is 5.56 Å². The minimum atomic E-state index is -0.904. The molecule has 1 saturated heterocycles. The standard InChI is InChI=1S/C17H21NO3/c19-15-8-4-7-14(15)17(21)18-13(9-10-16(18)20)11-12-5-2-1-3-6-12/h1-6,8,13-15,17,19,21H,7,9-11H2/t13-,14-,15-,17?/m0/s1. The Morgan fingerprint density at radius 1 is 1.29 bits per heavy atom. The number of carbonyl (C=O) groups is 1. The Bertz CT molecular complexity index is 528. The fourth-order valence-corrected chi connectivity index (χ4v) is 3.37. The molecule has 0 aromatic heterocycles. The molecule has 0 bridgehead atoms. The molecule has 112 valence electrons. The molecule has 1 unspecified atom stereocenters. The molecule has 2 N–H and O–H groups in total. The number of benzene rings is 1. The van der Waals surface area contributed by atoms with Crippen LogP contribution < -0.4 is 0 Å². The van der Waals surface area contributed by atoms with Gasteiger partial charge in [0.05, 0.1) is 6.10 Å². The minimum Gasteiger partial charge on any atom is -0.389 e. The summed E-state index contributed by atoms with van der Waals surface area (Å²) in [7, 11) is 0. The molecule has 1 aliphatic carbocycles. The van der Waals surface area contributed by atoms with E-state index < -0.39 is 12.3 Å². The maximum atomic E-state index is 12.1. The van der Waals surface area contributed by atoms with Gasteiger partial charge >= 0.3 is 0 Å². The second-order valence-corrected chi connectivity index (χ2v) is 5.92. The molecule has 4 heteroatoms. The Balaban J connectivity index is 1.73. The van der Waals surface area contributed by atoms with E-state index in [2.05, 4.69) is 0 Å². The number of hydrogen-bond acceptors (Lipinski definition) is 3. The van der Waals surface area contributed by atoms with Gasteiger partial charge in [0.1, 0.15) is 6.23 Å². The lowest BCUT2D eigenvalue weighted by molar-refractivity contribution is -0.146. The van der Waals surface area contributed by atoms with Crippen molar-refractivity contribution in [1.82, 2.24) is 4.90 Å². The van der Waals surface area contributed by atoms with Crippen LogP contribution in [0.4, 0.5) is 0 Å². The highest BCUT2D eigenvalue weighted by molar-refractivity contribution is 5.79. The average Bonchev–Trinajstić information content (AvgIpc) is 3.06. The van der Waals surface area contributed by atoms with Crippen molar-refractivity contribution >= 4 is 5.91 Å². The van der Waals surface area contributed by atoms with Crippen LogP contribution in [-0.2, 0) is 11.2 Å². The van der Waals surface area contributed by atoms with E-state index in [0.29, 0.717) is 12.8 Å². The molecule has 1 heterocycles. The number of aliphatic hydroxyl groups is 2. The van der Waals surface area contributed by atoms with Gasteiger partial charge in [-0.2, -0.15) is 0 Å². The maximum absolute atomic E-state index is 12.1. The van der Waals surface area contributed by atoms with Crippen LogP contribution in [0, 0.1) is 5.92 Å². The van der Waals surface area contributed by atoms with Crippen LogP contribution in [0.5, 0.6) is 0 Å². The number of nitrogens with zero attached hydrogens (tertiary/aromatic N) is 1. The van der Waals surface area contributed by atoms with Gasteiger partial charge in [0, 0.05) is 18.4 Å². The van der Waals surface area contributed by atoms with Crippen LogP contribution in [0.2, 0.25) is 0 Å². The van der Waals surface area contributed by atoms with Gasteiger partial charge in [-0.3, -0.25) is 4.79 Å². The van der Waals surface area contributed by atoms with Crippen LogP contribution in [0.3, 0.4) is 0 Å². The quantitative estimate of drug-likeness (QED) is 0.825. The van der Waals surface area contributed by atoms with Crippen molar-refractivity contribution < 1.29 is 15.0 Å². The van der Waals surface area contributed by atoms with Crippen molar-refractivity contribution in [2.75, 3.05) is 0 Å². The molecule has 21 heavy (non-hydrogen) atoms. The third kappa shape index (κ3) is 2.87. The predicted molar refractivity (Wildman–Crippen MR) is 79.3 cm³/mol. The van der Waals surface area contributed by atoms with Crippen molar-refractivity contribution in [1.29, 1.82) is 0 Å². The Kier molecular flexibility index (Phi) is 4.08. The predicted octanol–water partition coefficient (Wildman–Crippen LogP) is 1.48. The van der Waals surface area contributed by atoms with E-state index in [0.717, 1.165) is 12.8 Å². The number of aliphatic hydroxyl groups excluding tert-OH is 2. The lowest BCUT2D eigenvalue weighted by atomic mass is 9.99. The molecule has 3 rings (SSSR count). The Hall–Kier alpha value is -1.65. The summed E-state index contributed by atoms with van der Waals surface area (Å²) < 4.78 is 0. The molecule has 0 radical (unpaired) electrons. The number of rotatable bonds is 4. The van der Waals surface area contributed by atoms with E-state index in [1.807, 2.05) is 36.4 Å². The van der Waals surface area contributed by atoms with Gasteiger partial charge in [-0.15, -0.1) is 0 Å². The first-order chi connectivity index (χ1) is 10.2. The van der Waals surface area contributed by atoms with Crippen LogP contribution in [0.15, 0.2) is 42.5 Å². The molecule has 1 aromatic rings. The molecular formula is C17H21NO3. The Labute approximate surface area is 124 Å². The largest absolute Gasteiger partial charge is 0.389 e. The van der Waals surface area contributed by atoms with Gasteiger partial charge < -0.3 is 15.1 Å². The molecule has 1 aliphatic heterocycles. The van der Waals surface area contributed by atoms with Gasteiger partial charge in [-0.25, -0.2) is 0 Å². The zero-order valence-electron chi connectivity index (χ0n) is 11.9. The van der Waals surface area contributed by atoms with E-state index in [1.54, 1.807) is 11.0 Å². The van der Waals surface area contributed by atoms with Crippen LogP contribution >= 0.6 is 0 Å². The zero-order valence-corrected chi connectivity index (χ0v) is 11.9. The highest BCUT2D eigenvalue weighted by atomic mass is 16.3. The van der Waals surface area contributed by atoms with Gasteiger partial charge in [0.2, 0.25) is 5.91 Å². The number of amides is 1. The Morgan fingerprint density at radius 3 is 2.71 bits per heavy atom. The first-order valence-corrected chi connectivity index (χ1v) is 7.54. The monoisotopic (exact) mass is 287 g/mol. The number of hydrogen-bond donors (Lipinski definition) is 2. The molecule has 4 nitrogen and oxygen atoms in total. The van der Waals surface area contributed by atoms with Crippen LogP contribution in [-0.4, -0.2) is 39.4 Å². The highest BCUT2D eigenvalue weighted by Gasteiger charge is 2.41. The third-order valence-corrected chi connectivity index (χ3v) is 4.54. The van der Waals surface area contributed by atoms with E-state index >= 15 is 0 Å². The first-order valence-electron chi connectivity index (χ1n) is 7.54. The van der Waals surface area contributed by atoms with Crippen molar-refractivity contribution in [3.63, 3.8) is 0 Å². The summed E-state index contributed by atoms with van der Waals surface area (Å²) in [5.41, 5.74) is 1.17. The fourth-order valence-electron chi connectivity index (χ4n) is 3.37. The number of allylic oxidation sites excluding steroid dienone is 1. The minimum absolute atomic E-state index is 0.0115. The maximum Gasteiger partial charge on any atom is 0.224 e. The summed E-state index contributed by atoms with van der Waals surface area (Å²) in [5, 5.41) is 20.4. The first kappa shape index (κ1) is 14.3. The van der Waals surface area contributed by atoms with Crippen molar-refractivity contribution in [3.05, 3.63) is 48.0 Å². The molecular weight excluding hydrogens is 266 g/mol.